The third-order valence-electron chi connectivity index (χ3n) is 6.16. The average molecular weight is 465 g/mol. The number of aryl methyl sites for hydroxylation is 2. The molecule has 11 heteroatoms. The number of benzene rings is 1. The first kappa shape index (κ1) is 21.3. The first-order valence-electron chi connectivity index (χ1n) is 10.8. The first-order chi connectivity index (χ1) is 15.4. The Bertz CT molecular complexity index is 1110. The molecule has 0 spiro atoms. The van der Waals surface area contributed by atoms with Crippen molar-refractivity contribution in [3.63, 3.8) is 0 Å². The SMILES string of the molecule is O=C(CN1CCC(n2nnc3cc(C(F)(F)F)ccc32)CC1)Nc1nc2c(s1)CCCC2. The molecule has 1 fully saturated rings. The van der Waals surface area contributed by atoms with Gasteiger partial charge in [-0.25, -0.2) is 9.67 Å². The molecular weight excluding hydrogens is 441 g/mol. The lowest BCUT2D eigenvalue weighted by Gasteiger charge is -2.31. The van der Waals surface area contributed by atoms with Crippen LogP contribution in [0.2, 0.25) is 0 Å². The van der Waals surface area contributed by atoms with Gasteiger partial charge >= 0.3 is 6.18 Å². The minimum Gasteiger partial charge on any atom is -0.301 e. The Morgan fingerprint density at radius 2 is 1.97 bits per heavy atom. The minimum absolute atomic E-state index is 0.0433. The van der Waals surface area contributed by atoms with Crippen LogP contribution in [0, 0.1) is 0 Å². The molecule has 1 N–H and O–H groups in total. The number of nitrogens with zero attached hydrogens (tertiary/aromatic N) is 5. The van der Waals surface area contributed by atoms with Crippen molar-refractivity contribution >= 4 is 33.4 Å². The second kappa shape index (κ2) is 8.43. The van der Waals surface area contributed by atoms with Crippen LogP contribution >= 0.6 is 11.3 Å². The van der Waals surface area contributed by atoms with Crippen LogP contribution in [0.5, 0.6) is 0 Å². The molecule has 0 unspecified atom stereocenters. The fraction of sp³-hybridized carbons (Fsp3) is 0.524. The van der Waals surface area contributed by atoms with Gasteiger partial charge in [-0.15, -0.1) is 16.4 Å². The first-order valence-corrected chi connectivity index (χ1v) is 11.6. The third-order valence-corrected chi connectivity index (χ3v) is 7.23. The molecule has 7 nitrogen and oxygen atoms in total. The molecule has 1 saturated heterocycles. The third kappa shape index (κ3) is 4.36. The van der Waals surface area contributed by atoms with E-state index < -0.39 is 11.7 Å². The molecule has 1 aliphatic carbocycles. The summed E-state index contributed by atoms with van der Waals surface area (Å²) in [5.74, 6) is -0.0690. The second-order valence-electron chi connectivity index (χ2n) is 8.39. The number of hydrogen-bond acceptors (Lipinski definition) is 6. The van der Waals surface area contributed by atoms with Gasteiger partial charge < -0.3 is 5.32 Å². The summed E-state index contributed by atoms with van der Waals surface area (Å²) in [5, 5.41) is 11.7. The molecule has 0 radical (unpaired) electrons. The van der Waals surface area contributed by atoms with E-state index >= 15 is 0 Å². The molecule has 1 aliphatic heterocycles. The fourth-order valence-electron chi connectivity index (χ4n) is 4.48. The van der Waals surface area contributed by atoms with E-state index in [0.717, 1.165) is 49.9 Å². The summed E-state index contributed by atoms with van der Waals surface area (Å²) in [5.41, 5.74) is 1.24. The number of halogens is 3. The van der Waals surface area contributed by atoms with Crippen LogP contribution in [0.3, 0.4) is 0 Å². The maximum Gasteiger partial charge on any atom is 0.416 e. The number of fused-ring (bicyclic) bond motifs is 2. The molecule has 0 atom stereocenters. The summed E-state index contributed by atoms with van der Waals surface area (Å²) < 4.78 is 40.5. The van der Waals surface area contributed by atoms with Gasteiger partial charge in [-0.2, -0.15) is 13.2 Å². The second-order valence-corrected chi connectivity index (χ2v) is 9.47. The van der Waals surface area contributed by atoms with Crippen LogP contribution in [0.4, 0.5) is 18.3 Å². The van der Waals surface area contributed by atoms with Gasteiger partial charge in [-0.1, -0.05) is 5.21 Å². The topological polar surface area (TPSA) is 75.9 Å². The van der Waals surface area contributed by atoms with Crippen molar-refractivity contribution in [2.75, 3.05) is 25.0 Å². The van der Waals surface area contributed by atoms with Gasteiger partial charge in [0.25, 0.3) is 0 Å². The minimum atomic E-state index is -4.40. The highest BCUT2D eigenvalue weighted by Crippen LogP contribution is 2.33. The number of carbonyl (C=O) groups is 1. The van der Waals surface area contributed by atoms with E-state index in [0.29, 0.717) is 30.3 Å². The number of anilines is 1. The summed E-state index contributed by atoms with van der Waals surface area (Å²) >= 11 is 1.58. The number of piperidine rings is 1. The quantitative estimate of drug-likeness (QED) is 0.630. The molecule has 1 aromatic carbocycles. The number of carbonyl (C=O) groups excluding carboxylic acids is 1. The lowest BCUT2D eigenvalue weighted by molar-refractivity contribution is -0.137. The van der Waals surface area contributed by atoms with E-state index in [-0.39, 0.29) is 17.5 Å². The highest BCUT2D eigenvalue weighted by molar-refractivity contribution is 7.15. The summed E-state index contributed by atoms with van der Waals surface area (Å²) in [6.45, 7) is 1.70. The number of likely N-dealkylation sites (tertiary alicyclic amines) is 1. The standard InChI is InChI=1S/C21H23F3N6OS/c22-21(23,24)13-5-6-17-16(11-13)27-28-30(17)14-7-9-29(10-8-14)12-19(31)26-20-25-15-3-1-2-4-18(15)32-20/h5-6,11,14H,1-4,7-10,12H2,(H,25,26,31). The molecule has 3 aromatic rings. The van der Waals surface area contributed by atoms with Gasteiger partial charge in [0.1, 0.15) is 5.52 Å². The fourth-order valence-corrected chi connectivity index (χ4v) is 5.54. The van der Waals surface area contributed by atoms with E-state index in [1.165, 1.54) is 17.4 Å². The normalized spacial score (nSPS) is 18.1. The van der Waals surface area contributed by atoms with Gasteiger partial charge in [-0.3, -0.25) is 9.69 Å². The van der Waals surface area contributed by atoms with E-state index in [9.17, 15) is 18.0 Å². The molecule has 0 bridgehead atoms. The van der Waals surface area contributed by atoms with Crippen molar-refractivity contribution in [2.24, 2.45) is 0 Å². The van der Waals surface area contributed by atoms with Gasteiger partial charge in [0.15, 0.2) is 5.13 Å². The molecule has 0 saturated carbocycles. The number of nitrogens with one attached hydrogen (secondary N) is 1. The Kier molecular flexibility index (Phi) is 5.62. The highest BCUT2D eigenvalue weighted by atomic mass is 32.1. The predicted molar refractivity (Wildman–Crippen MR) is 115 cm³/mol. The predicted octanol–water partition coefficient (Wildman–Crippen LogP) is 4.06. The smallest absolute Gasteiger partial charge is 0.301 e. The van der Waals surface area contributed by atoms with Crippen LogP contribution < -0.4 is 5.32 Å². The summed E-state index contributed by atoms with van der Waals surface area (Å²) in [6.07, 6.45) is 1.47. The zero-order valence-electron chi connectivity index (χ0n) is 17.4. The van der Waals surface area contributed by atoms with Gasteiger partial charge in [0.05, 0.1) is 29.4 Å². The molecule has 2 aromatic heterocycles. The zero-order valence-corrected chi connectivity index (χ0v) is 18.2. The maximum absolute atomic E-state index is 12.9. The average Bonchev–Trinajstić information content (AvgIpc) is 3.36. The monoisotopic (exact) mass is 464 g/mol. The van der Waals surface area contributed by atoms with Crippen molar-refractivity contribution in [1.82, 2.24) is 24.9 Å². The van der Waals surface area contributed by atoms with Crippen molar-refractivity contribution in [1.29, 1.82) is 0 Å². The summed E-state index contributed by atoms with van der Waals surface area (Å²) in [4.78, 5) is 20.4. The Morgan fingerprint density at radius 1 is 1.19 bits per heavy atom. The van der Waals surface area contributed by atoms with E-state index in [1.807, 2.05) is 0 Å². The van der Waals surface area contributed by atoms with Gasteiger partial charge in [0, 0.05) is 18.0 Å². The molecular formula is C21H23F3N6OS. The van der Waals surface area contributed by atoms with Crippen molar-refractivity contribution in [3.05, 3.63) is 34.3 Å². The number of thiazole rings is 1. The summed E-state index contributed by atoms with van der Waals surface area (Å²) in [7, 11) is 0. The van der Waals surface area contributed by atoms with Crippen LogP contribution in [0.25, 0.3) is 11.0 Å². The molecule has 1 amide bonds. The van der Waals surface area contributed by atoms with Crippen LogP contribution in [-0.2, 0) is 23.8 Å². The van der Waals surface area contributed by atoms with Gasteiger partial charge in [0.2, 0.25) is 5.91 Å². The molecule has 32 heavy (non-hydrogen) atoms. The number of hydrogen-bond donors (Lipinski definition) is 1. The van der Waals surface area contributed by atoms with Crippen molar-refractivity contribution < 1.29 is 18.0 Å². The molecule has 2 aliphatic rings. The van der Waals surface area contributed by atoms with Crippen LogP contribution in [0.15, 0.2) is 18.2 Å². The summed E-state index contributed by atoms with van der Waals surface area (Å²) in [6, 6.07) is 3.58. The Labute approximate surface area is 186 Å². The largest absolute Gasteiger partial charge is 0.416 e. The maximum atomic E-state index is 12.9. The Balaban J connectivity index is 1.17. The van der Waals surface area contributed by atoms with E-state index in [2.05, 4.69) is 25.5 Å². The zero-order chi connectivity index (χ0) is 22.3. The molecule has 3 heterocycles. The van der Waals surface area contributed by atoms with Gasteiger partial charge in [-0.05, 0) is 56.7 Å². The Morgan fingerprint density at radius 3 is 2.72 bits per heavy atom. The van der Waals surface area contributed by atoms with Crippen LogP contribution in [0.1, 0.15) is 47.9 Å². The number of rotatable bonds is 4. The van der Waals surface area contributed by atoms with E-state index in [4.69, 9.17) is 0 Å². The molecule has 170 valence electrons. The lowest BCUT2D eigenvalue weighted by Crippen LogP contribution is -2.39. The van der Waals surface area contributed by atoms with Crippen molar-refractivity contribution in [2.45, 2.75) is 50.7 Å². The molecule has 5 rings (SSSR count). The van der Waals surface area contributed by atoms with Crippen molar-refractivity contribution in [3.8, 4) is 0 Å². The van der Waals surface area contributed by atoms with E-state index in [1.54, 1.807) is 16.0 Å². The lowest BCUT2D eigenvalue weighted by atomic mass is 10.0. The highest BCUT2D eigenvalue weighted by Gasteiger charge is 2.31. The number of alkyl halides is 3. The Hall–Kier alpha value is -2.53. The van der Waals surface area contributed by atoms with Crippen LogP contribution in [-0.4, -0.2) is 50.4 Å². The number of amides is 1. The number of aromatic nitrogens is 4.